The van der Waals surface area contributed by atoms with Crippen LogP contribution in [0, 0.1) is 0 Å². The van der Waals surface area contributed by atoms with Crippen molar-refractivity contribution >= 4 is 23.4 Å². The summed E-state index contributed by atoms with van der Waals surface area (Å²) in [5.74, 6) is -0.368. The Hall–Kier alpha value is -3.15. The Labute approximate surface area is 200 Å². The van der Waals surface area contributed by atoms with Crippen molar-refractivity contribution in [3.8, 4) is 0 Å². The Balaban J connectivity index is 1.90. The number of amides is 2. The minimum absolute atomic E-state index is 0.00708. The first-order valence-corrected chi connectivity index (χ1v) is 11.4. The summed E-state index contributed by atoms with van der Waals surface area (Å²) >= 11 is 5.99. The van der Waals surface area contributed by atoms with Gasteiger partial charge in [0.1, 0.15) is 6.04 Å². The molecule has 0 fully saturated rings. The molecule has 3 rings (SSSR count). The quantitative estimate of drug-likeness (QED) is 0.421. The van der Waals surface area contributed by atoms with Crippen LogP contribution in [-0.4, -0.2) is 41.0 Å². The summed E-state index contributed by atoms with van der Waals surface area (Å²) in [7, 11) is 0. The number of aliphatic hydroxyl groups is 1. The van der Waals surface area contributed by atoms with Gasteiger partial charge in [-0.15, -0.1) is 0 Å². The lowest BCUT2D eigenvalue weighted by Crippen LogP contribution is -2.51. The van der Waals surface area contributed by atoms with Crippen LogP contribution in [0.15, 0.2) is 84.9 Å². The van der Waals surface area contributed by atoms with Crippen molar-refractivity contribution < 1.29 is 14.7 Å². The Morgan fingerprint density at radius 1 is 0.848 bits per heavy atom. The summed E-state index contributed by atoms with van der Waals surface area (Å²) in [6, 6.07) is 25.8. The minimum atomic E-state index is -0.689. The molecule has 33 heavy (non-hydrogen) atoms. The van der Waals surface area contributed by atoms with Crippen LogP contribution in [0.25, 0.3) is 0 Å². The fraction of sp³-hybridized carbons (Fsp3) is 0.259. The van der Waals surface area contributed by atoms with E-state index in [0.717, 1.165) is 16.7 Å². The van der Waals surface area contributed by atoms with Crippen molar-refractivity contribution in [3.63, 3.8) is 0 Å². The molecule has 0 aromatic heterocycles. The van der Waals surface area contributed by atoms with E-state index in [1.165, 1.54) is 0 Å². The first kappa shape index (κ1) is 24.5. The Morgan fingerprint density at radius 3 is 2.06 bits per heavy atom. The van der Waals surface area contributed by atoms with Gasteiger partial charge in [-0.3, -0.25) is 9.59 Å². The van der Waals surface area contributed by atoms with Gasteiger partial charge in [0.15, 0.2) is 0 Å². The predicted molar refractivity (Wildman–Crippen MR) is 131 cm³/mol. The Bertz CT molecular complexity index is 1010. The largest absolute Gasteiger partial charge is 0.396 e. The number of carbonyl (C=O) groups excluding carboxylic acids is 2. The first-order valence-electron chi connectivity index (χ1n) is 11.1. The lowest BCUT2D eigenvalue weighted by molar-refractivity contribution is -0.140. The average Bonchev–Trinajstić information content (AvgIpc) is 2.84. The molecule has 0 aliphatic rings. The van der Waals surface area contributed by atoms with Crippen LogP contribution in [0.1, 0.15) is 23.1 Å². The van der Waals surface area contributed by atoms with E-state index in [4.69, 9.17) is 16.7 Å². The molecule has 0 bridgehead atoms. The highest BCUT2D eigenvalue weighted by atomic mass is 35.5. The summed E-state index contributed by atoms with van der Waals surface area (Å²) in [5.41, 5.74) is 2.75. The highest BCUT2D eigenvalue weighted by Crippen LogP contribution is 2.17. The Kier molecular flexibility index (Phi) is 9.48. The number of rotatable bonds is 11. The summed E-state index contributed by atoms with van der Waals surface area (Å²) in [6.45, 7) is 0.663. The molecule has 3 aromatic rings. The highest BCUT2D eigenvalue weighted by Gasteiger charge is 2.30. The molecule has 0 saturated heterocycles. The van der Waals surface area contributed by atoms with Gasteiger partial charge < -0.3 is 15.3 Å². The van der Waals surface area contributed by atoms with Crippen LogP contribution in [-0.2, 0) is 29.0 Å². The molecular weight excluding hydrogens is 436 g/mol. The molecule has 0 spiro atoms. The molecule has 0 heterocycles. The van der Waals surface area contributed by atoms with E-state index in [-0.39, 0.29) is 24.8 Å². The van der Waals surface area contributed by atoms with Crippen molar-refractivity contribution in [1.82, 2.24) is 10.2 Å². The minimum Gasteiger partial charge on any atom is -0.396 e. The summed E-state index contributed by atoms with van der Waals surface area (Å²) in [4.78, 5) is 28.5. The number of nitrogens with zero attached hydrogens (tertiary/aromatic N) is 1. The molecule has 0 radical (unpaired) electrons. The van der Waals surface area contributed by atoms with Gasteiger partial charge in [-0.2, -0.15) is 0 Å². The van der Waals surface area contributed by atoms with E-state index >= 15 is 0 Å². The van der Waals surface area contributed by atoms with E-state index < -0.39 is 6.04 Å². The number of aliphatic hydroxyl groups excluding tert-OH is 1. The maximum Gasteiger partial charge on any atom is 0.243 e. The number of halogens is 1. The van der Waals surface area contributed by atoms with Crippen LogP contribution < -0.4 is 5.32 Å². The number of hydrogen-bond donors (Lipinski definition) is 2. The van der Waals surface area contributed by atoms with E-state index in [0.29, 0.717) is 31.0 Å². The molecule has 1 atom stereocenters. The van der Waals surface area contributed by atoms with E-state index in [9.17, 15) is 9.59 Å². The molecule has 172 valence electrons. The molecule has 3 aromatic carbocycles. The van der Waals surface area contributed by atoms with Crippen LogP contribution in [0.5, 0.6) is 0 Å². The normalized spacial score (nSPS) is 11.6. The van der Waals surface area contributed by atoms with Crippen LogP contribution >= 0.6 is 11.6 Å². The second kappa shape index (κ2) is 12.8. The molecule has 6 heteroatoms. The van der Waals surface area contributed by atoms with E-state index in [1.807, 2.05) is 72.8 Å². The molecule has 0 unspecified atom stereocenters. The summed E-state index contributed by atoms with van der Waals surface area (Å²) in [5, 5.41) is 12.6. The van der Waals surface area contributed by atoms with Crippen molar-refractivity contribution in [3.05, 3.63) is 107 Å². The zero-order chi connectivity index (χ0) is 23.5. The zero-order valence-electron chi connectivity index (χ0n) is 18.5. The third kappa shape index (κ3) is 7.74. The second-order valence-corrected chi connectivity index (χ2v) is 8.32. The fourth-order valence-electron chi connectivity index (χ4n) is 3.62. The van der Waals surface area contributed by atoms with Crippen molar-refractivity contribution in [1.29, 1.82) is 0 Å². The van der Waals surface area contributed by atoms with Gasteiger partial charge >= 0.3 is 0 Å². The van der Waals surface area contributed by atoms with Crippen molar-refractivity contribution in [2.45, 2.75) is 31.8 Å². The van der Waals surface area contributed by atoms with Crippen LogP contribution in [0.4, 0.5) is 0 Å². The molecule has 2 amide bonds. The smallest absolute Gasteiger partial charge is 0.243 e. The third-order valence-electron chi connectivity index (χ3n) is 5.37. The van der Waals surface area contributed by atoms with Gasteiger partial charge in [0, 0.05) is 31.1 Å². The van der Waals surface area contributed by atoms with Crippen molar-refractivity contribution in [2.75, 3.05) is 13.2 Å². The maximum absolute atomic E-state index is 13.5. The standard InChI is InChI=1S/C27H29ClN2O3/c28-24-14-12-22(13-15-24)19-26(32)30(20-23-10-5-2-6-11-23)25(27(33)29-16-7-17-31)18-21-8-3-1-4-9-21/h1-6,8-15,25,31H,7,16-20H2,(H,29,33)/t25-/m0/s1. The second-order valence-electron chi connectivity index (χ2n) is 7.88. The van der Waals surface area contributed by atoms with E-state index in [2.05, 4.69) is 5.32 Å². The van der Waals surface area contributed by atoms with Gasteiger partial charge in [-0.25, -0.2) is 0 Å². The Morgan fingerprint density at radius 2 is 1.45 bits per heavy atom. The summed E-state index contributed by atoms with van der Waals surface area (Å²) < 4.78 is 0. The lowest BCUT2D eigenvalue weighted by atomic mass is 10.0. The SMILES string of the molecule is O=C(NCCCO)[C@H](Cc1ccccc1)N(Cc1ccccc1)C(=O)Cc1ccc(Cl)cc1. The zero-order valence-corrected chi connectivity index (χ0v) is 19.2. The fourth-order valence-corrected chi connectivity index (χ4v) is 3.75. The summed E-state index contributed by atoms with van der Waals surface area (Å²) in [6.07, 6.45) is 1.02. The molecule has 2 N–H and O–H groups in total. The maximum atomic E-state index is 13.5. The first-order chi connectivity index (χ1) is 16.1. The van der Waals surface area contributed by atoms with Gasteiger partial charge in [-0.1, -0.05) is 84.4 Å². The van der Waals surface area contributed by atoms with Crippen LogP contribution in [0.3, 0.4) is 0 Å². The number of nitrogens with one attached hydrogen (secondary N) is 1. The molecule has 0 aliphatic carbocycles. The van der Waals surface area contributed by atoms with Gasteiger partial charge in [0.05, 0.1) is 6.42 Å². The molecule has 0 aliphatic heterocycles. The van der Waals surface area contributed by atoms with E-state index in [1.54, 1.807) is 17.0 Å². The monoisotopic (exact) mass is 464 g/mol. The topological polar surface area (TPSA) is 69.6 Å². The van der Waals surface area contributed by atoms with Gasteiger partial charge in [0.25, 0.3) is 0 Å². The number of carbonyl (C=O) groups is 2. The highest BCUT2D eigenvalue weighted by molar-refractivity contribution is 6.30. The lowest BCUT2D eigenvalue weighted by Gasteiger charge is -2.31. The van der Waals surface area contributed by atoms with Gasteiger partial charge in [0.2, 0.25) is 11.8 Å². The molecule has 5 nitrogen and oxygen atoms in total. The van der Waals surface area contributed by atoms with Crippen LogP contribution in [0.2, 0.25) is 5.02 Å². The third-order valence-corrected chi connectivity index (χ3v) is 5.62. The molecule has 0 saturated carbocycles. The average molecular weight is 465 g/mol. The van der Waals surface area contributed by atoms with Crippen molar-refractivity contribution in [2.24, 2.45) is 0 Å². The number of hydrogen-bond acceptors (Lipinski definition) is 3. The van der Waals surface area contributed by atoms with Gasteiger partial charge in [-0.05, 0) is 35.2 Å². The molecular formula is C27H29ClN2O3. The predicted octanol–water partition coefficient (Wildman–Crippen LogP) is 4.02. The number of benzene rings is 3.